The van der Waals surface area contributed by atoms with E-state index in [-0.39, 0.29) is 11.6 Å². The number of alkyl halides is 2. The Labute approximate surface area is 487 Å². The molecule has 3 N–H and O–H groups in total. The van der Waals surface area contributed by atoms with Gasteiger partial charge in [-0.1, -0.05) is 120 Å². The molecule has 2 fully saturated rings. The van der Waals surface area contributed by atoms with Gasteiger partial charge in [0.25, 0.3) is 0 Å². The van der Waals surface area contributed by atoms with Crippen LogP contribution in [0.3, 0.4) is 0 Å². The number of ether oxygens (including phenoxy) is 8. The highest BCUT2D eigenvalue weighted by Crippen LogP contribution is 2.45. The van der Waals surface area contributed by atoms with Gasteiger partial charge in [0.15, 0.2) is 48.2 Å². The Morgan fingerprint density at radius 1 is 0.624 bits per heavy atom. The van der Waals surface area contributed by atoms with Crippen LogP contribution in [0.25, 0.3) is 20.9 Å². The van der Waals surface area contributed by atoms with Gasteiger partial charge in [0, 0.05) is 22.2 Å². The highest BCUT2D eigenvalue weighted by atomic mass is 19.1. The Kier molecular flexibility index (Phi) is 21.8. The Balaban J connectivity index is 0.000000317. The molecule has 0 aliphatic carbocycles. The number of nitrogens with one attached hydrogen (secondary N) is 1. The summed E-state index contributed by atoms with van der Waals surface area (Å²) in [6.45, 7) is 10.3. The number of carbonyl (C=O) groups excluding carboxylic acids is 4. The first-order chi connectivity index (χ1) is 40.4. The summed E-state index contributed by atoms with van der Waals surface area (Å²) >= 11 is 0. The smallest absolute Gasteiger partial charge is 0.351 e. The van der Waals surface area contributed by atoms with Gasteiger partial charge in [-0.3, -0.25) is 28.3 Å². The highest BCUT2D eigenvalue weighted by Gasteiger charge is 2.61. The molecular weight excluding hydrogens is 1110 g/mol. The molecule has 3 aromatic carbocycles. The number of azide groups is 2. The van der Waals surface area contributed by atoms with E-state index in [2.05, 4.69) is 35.3 Å². The summed E-state index contributed by atoms with van der Waals surface area (Å²) in [5.74, 6) is -3.78. The van der Waals surface area contributed by atoms with Crippen molar-refractivity contribution in [1.29, 1.82) is 0 Å². The fraction of sp³-hybridized carbons (Fsp3) is 0.474. The fourth-order valence-corrected chi connectivity index (χ4v) is 9.09. The van der Waals surface area contributed by atoms with Crippen LogP contribution in [-0.2, 0) is 53.1 Å². The first kappa shape index (κ1) is 65.1. The molecule has 8 atom stereocenters. The van der Waals surface area contributed by atoms with Gasteiger partial charge in [-0.15, -0.1) is 0 Å². The maximum Gasteiger partial charge on any atom is 0.351 e. The van der Waals surface area contributed by atoms with Crippen LogP contribution < -0.4 is 31.9 Å². The molecule has 2 saturated heterocycles. The molecule has 2 aromatic heterocycles. The van der Waals surface area contributed by atoms with E-state index in [1.807, 2.05) is 78.9 Å². The third kappa shape index (κ3) is 14.8. The van der Waals surface area contributed by atoms with Crippen LogP contribution in [0.1, 0.15) is 84.5 Å². The second-order valence-electron chi connectivity index (χ2n) is 21.1. The first-order valence-electron chi connectivity index (χ1n) is 26.9. The van der Waals surface area contributed by atoms with Crippen molar-refractivity contribution in [2.45, 2.75) is 109 Å². The van der Waals surface area contributed by atoms with E-state index < -0.39 is 139 Å². The molecular formula is C57H68F2N12O14. The van der Waals surface area contributed by atoms with Crippen molar-refractivity contribution in [3.05, 3.63) is 162 Å². The van der Waals surface area contributed by atoms with Gasteiger partial charge in [-0.25, -0.2) is 18.4 Å². The number of hydrogen-bond acceptors (Lipinski definition) is 20. The molecule has 85 heavy (non-hydrogen) atoms. The number of rotatable bonds is 23. The SMILES string of the molecule is CC(C)C(=O)OC[C@@]1(CN=[N+]=[N-])O[C@@H](n2ccc(N)nc2=O)[C@H](F)[C@@H]1OC(=O)C(C)C.COc1ccc(C(Nc2ccn([C@@H]3O[C@](CN=[N+]=[N-])(COC(=O)C(C)C)[C@@H](OC(=O)C(C)C)[C@H]3F)c(=O)n2)(c2ccccc2)c2ccc(OC)cc2)cc1. The third-order valence-electron chi connectivity index (χ3n) is 13.8. The molecule has 7 rings (SSSR count). The molecule has 5 aromatic rings. The number of benzene rings is 3. The summed E-state index contributed by atoms with van der Waals surface area (Å²) in [6.07, 6.45) is -8.43. The van der Waals surface area contributed by atoms with E-state index in [0.717, 1.165) is 25.8 Å². The lowest BCUT2D eigenvalue weighted by molar-refractivity contribution is -0.180. The zero-order valence-electron chi connectivity index (χ0n) is 48.4. The number of halogens is 2. The lowest BCUT2D eigenvalue weighted by Gasteiger charge is -2.37. The number of anilines is 2. The van der Waals surface area contributed by atoms with Crippen molar-refractivity contribution in [1.82, 2.24) is 19.1 Å². The van der Waals surface area contributed by atoms with E-state index in [9.17, 15) is 34.3 Å². The zero-order valence-corrected chi connectivity index (χ0v) is 48.4. The minimum Gasteiger partial charge on any atom is -0.497 e. The van der Waals surface area contributed by atoms with Crippen LogP contribution >= 0.6 is 0 Å². The molecule has 0 radical (unpaired) electrons. The molecule has 26 nitrogen and oxygen atoms in total. The van der Waals surface area contributed by atoms with Gasteiger partial charge in [0.05, 0.1) is 51.0 Å². The van der Waals surface area contributed by atoms with E-state index in [1.54, 1.807) is 69.6 Å². The minimum absolute atomic E-state index is 0.0800. The van der Waals surface area contributed by atoms with Crippen molar-refractivity contribution in [3.63, 3.8) is 0 Å². The van der Waals surface area contributed by atoms with Crippen molar-refractivity contribution < 1.29 is 65.9 Å². The Morgan fingerprint density at radius 3 is 1.38 bits per heavy atom. The lowest BCUT2D eigenvalue weighted by Crippen LogP contribution is -2.52. The molecule has 0 saturated carbocycles. The maximum atomic E-state index is 16.6. The largest absolute Gasteiger partial charge is 0.497 e. The average Bonchev–Trinajstić information content (AvgIpc) is 2.25. The molecule has 28 heteroatoms. The minimum atomic E-state index is -2.17. The quantitative estimate of drug-likeness (QED) is 0.0157. The second kappa shape index (κ2) is 28.5. The fourth-order valence-electron chi connectivity index (χ4n) is 9.09. The van der Waals surface area contributed by atoms with Gasteiger partial charge < -0.3 is 48.9 Å². The summed E-state index contributed by atoms with van der Waals surface area (Å²) in [4.78, 5) is 89.0. The summed E-state index contributed by atoms with van der Waals surface area (Å²) in [5, 5.41) is 10.5. The first-order valence-corrected chi connectivity index (χ1v) is 26.9. The van der Waals surface area contributed by atoms with Gasteiger partial charge in [-0.05, 0) is 64.2 Å². The molecule has 0 spiro atoms. The Hall–Kier alpha value is -9.10. The number of methoxy groups -OCH3 is 2. The molecule has 0 amide bonds. The number of hydrogen-bond donors (Lipinski definition) is 2. The second-order valence-corrected chi connectivity index (χ2v) is 21.1. The van der Waals surface area contributed by atoms with Crippen molar-refractivity contribution in [3.8, 4) is 11.5 Å². The average molecular weight is 1180 g/mol. The Bertz CT molecular complexity index is 3310. The normalized spacial score (nSPS) is 21.6. The van der Waals surface area contributed by atoms with Gasteiger partial charge in [-0.2, -0.15) is 9.97 Å². The number of carbonyl (C=O) groups is 4. The molecule has 0 unspecified atom stereocenters. The number of nitrogens with zero attached hydrogens (tertiary/aromatic N) is 10. The van der Waals surface area contributed by atoms with Crippen LogP contribution in [-0.4, -0.2) is 119 Å². The van der Waals surface area contributed by atoms with Crippen molar-refractivity contribution in [2.75, 3.05) is 51.6 Å². The third-order valence-corrected chi connectivity index (χ3v) is 13.8. The predicted octanol–water partition coefficient (Wildman–Crippen LogP) is 7.86. The van der Waals surface area contributed by atoms with E-state index in [1.165, 1.54) is 24.5 Å². The predicted molar refractivity (Wildman–Crippen MR) is 302 cm³/mol. The van der Waals surface area contributed by atoms with Crippen LogP contribution in [0.2, 0.25) is 0 Å². The van der Waals surface area contributed by atoms with Gasteiger partial charge in [0.2, 0.25) is 0 Å². The van der Waals surface area contributed by atoms with Crippen molar-refractivity contribution >= 4 is 35.5 Å². The highest BCUT2D eigenvalue weighted by molar-refractivity contribution is 5.73. The Morgan fingerprint density at radius 2 is 1.01 bits per heavy atom. The molecule has 0 bridgehead atoms. The summed E-state index contributed by atoms with van der Waals surface area (Å²) in [5.41, 5.74) is 19.1. The summed E-state index contributed by atoms with van der Waals surface area (Å²) in [6, 6.07) is 27.2. The number of nitrogen functional groups attached to an aromatic ring is 1. The standard InChI is InChI=1S/C39H43FN6O8.C18H25FN6O6/c1-24(2)35(47)52-23-38(22-42-45-41)33(53-36(48)25(3)4)32(40)34(54-38)46-21-20-31(43-37(46)49)44-39(26-10-8-7-9-11-26,27-12-16-29(50-5)17-13-27)28-14-18-30(51-6)19-15-28;1-9(2)15(26)29-8-18(7-22-24-21)13(30-16(27)10(3)4)12(19)14(31-18)25-6-5-11(20)23-17(25)28/h7-21,24-25,32-34H,22-23H2,1-6H3,(H,43,44,49);5-6,9-10,12-14H,7-8H2,1-4H3,(H2,20,23,28)/t32-,33+,34-,38-;12-,13+,14-,18-/m11/s1. The van der Waals surface area contributed by atoms with Crippen LogP contribution in [0.5, 0.6) is 11.5 Å². The van der Waals surface area contributed by atoms with Crippen LogP contribution in [0.15, 0.2) is 123 Å². The topological polar surface area (TPSA) is 347 Å². The molecule has 454 valence electrons. The van der Waals surface area contributed by atoms with E-state index in [0.29, 0.717) is 11.5 Å². The molecule has 2 aliphatic heterocycles. The van der Waals surface area contributed by atoms with E-state index >= 15 is 8.78 Å². The summed E-state index contributed by atoms with van der Waals surface area (Å²) in [7, 11) is 3.15. The molecule has 2 aliphatic rings. The lowest BCUT2D eigenvalue weighted by atomic mass is 9.77. The van der Waals surface area contributed by atoms with Crippen LogP contribution in [0.4, 0.5) is 20.4 Å². The zero-order chi connectivity index (χ0) is 62.4. The van der Waals surface area contributed by atoms with Crippen molar-refractivity contribution in [2.24, 2.45) is 33.9 Å². The number of esters is 4. The monoisotopic (exact) mass is 1180 g/mol. The number of aromatic nitrogens is 4. The van der Waals surface area contributed by atoms with Gasteiger partial charge in [0.1, 0.15) is 41.9 Å². The number of nitrogens with two attached hydrogens (primary N) is 1. The van der Waals surface area contributed by atoms with Gasteiger partial charge >= 0.3 is 35.3 Å². The summed E-state index contributed by atoms with van der Waals surface area (Å²) < 4.78 is 78.2. The molecule has 4 heterocycles. The maximum absolute atomic E-state index is 16.6. The van der Waals surface area contributed by atoms with Crippen LogP contribution in [0, 0.1) is 23.7 Å². The van der Waals surface area contributed by atoms with E-state index in [4.69, 9.17) is 49.2 Å².